The highest BCUT2D eigenvalue weighted by molar-refractivity contribution is 5.74. The Hall–Kier alpha value is -1.64. The van der Waals surface area contributed by atoms with Crippen LogP contribution in [0.1, 0.15) is 31.5 Å². The van der Waals surface area contributed by atoms with Crippen LogP contribution < -0.4 is 5.48 Å². The molecule has 0 aliphatic heterocycles. The summed E-state index contributed by atoms with van der Waals surface area (Å²) >= 11 is 0. The van der Waals surface area contributed by atoms with E-state index in [9.17, 15) is 18.0 Å². The van der Waals surface area contributed by atoms with Gasteiger partial charge in [0.1, 0.15) is 0 Å². The van der Waals surface area contributed by atoms with Crippen molar-refractivity contribution in [2.24, 2.45) is 0 Å². The number of hydrogen-bond donors (Lipinski definition) is 1. The van der Waals surface area contributed by atoms with Crippen molar-refractivity contribution in [3.05, 3.63) is 11.7 Å². The quantitative estimate of drug-likeness (QED) is 0.767. The summed E-state index contributed by atoms with van der Waals surface area (Å²) in [6.07, 6.45) is -2.88. The lowest BCUT2D eigenvalue weighted by molar-refractivity contribution is -0.191. The van der Waals surface area contributed by atoms with Gasteiger partial charge in [0.05, 0.1) is 0 Å². The molecule has 9 heteroatoms. The maximum absolute atomic E-state index is 11.7. The van der Waals surface area contributed by atoms with E-state index >= 15 is 0 Å². The van der Waals surface area contributed by atoms with E-state index in [1.807, 2.05) is 6.92 Å². The van der Waals surface area contributed by atoms with Crippen LogP contribution in [-0.2, 0) is 22.5 Å². The van der Waals surface area contributed by atoms with Gasteiger partial charge in [0.25, 0.3) is 0 Å². The molecule has 1 rings (SSSR count). The van der Waals surface area contributed by atoms with E-state index < -0.39 is 18.7 Å². The van der Waals surface area contributed by atoms with Crippen LogP contribution in [0.5, 0.6) is 0 Å². The lowest BCUT2D eigenvalue weighted by atomic mass is 10.3. The molecule has 0 saturated heterocycles. The van der Waals surface area contributed by atoms with Crippen LogP contribution in [-0.4, -0.2) is 28.8 Å². The number of nitrogens with one attached hydrogen (secondary N) is 1. The molecule has 1 heterocycles. The highest BCUT2D eigenvalue weighted by Gasteiger charge is 2.28. The van der Waals surface area contributed by atoms with Crippen molar-refractivity contribution < 1.29 is 27.3 Å². The van der Waals surface area contributed by atoms with Gasteiger partial charge < -0.3 is 4.52 Å². The summed E-state index contributed by atoms with van der Waals surface area (Å²) in [4.78, 5) is 19.2. The number of carbonyl (C=O) groups excluding carboxylic acids is 1. The fourth-order valence-electron chi connectivity index (χ4n) is 1.19. The number of hydroxylamine groups is 1. The van der Waals surface area contributed by atoms with Crippen LogP contribution in [0, 0.1) is 0 Å². The van der Waals surface area contributed by atoms with Gasteiger partial charge in [0.15, 0.2) is 12.4 Å². The molecular weight excluding hydrogens is 267 g/mol. The van der Waals surface area contributed by atoms with Crippen LogP contribution >= 0.6 is 0 Å². The van der Waals surface area contributed by atoms with E-state index in [-0.39, 0.29) is 18.7 Å². The molecule has 1 amide bonds. The number of alkyl halides is 3. The predicted octanol–water partition coefficient (Wildman–Crippen LogP) is 1.56. The van der Waals surface area contributed by atoms with Crippen molar-refractivity contribution in [3.63, 3.8) is 0 Å². The molecule has 0 unspecified atom stereocenters. The zero-order valence-electron chi connectivity index (χ0n) is 10.3. The van der Waals surface area contributed by atoms with Gasteiger partial charge in [-0.3, -0.25) is 9.63 Å². The Morgan fingerprint density at radius 1 is 1.42 bits per heavy atom. The molecule has 0 radical (unpaired) electrons. The fourth-order valence-corrected chi connectivity index (χ4v) is 1.19. The van der Waals surface area contributed by atoms with Crippen LogP contribution in [0.3, 0.4) is 0 Å². The van der Waals surface area contributed by atoms with E-state index in [1.54, 1.807) is 5.48 Å². The molecule has 0 fully saturated rings. The summed E-state index contributed by atoms with van der Waals surface area (Å²) in [6.45, 7) is 0.432. The Morgan fingerprint density at radius 2 is 2.16 bits per heavy atom. The summed E-state index contributed by atoms with van der Waals surface area (Å²) in [7, 11) is 0. The molecular formula is C10H14F3N3O3. The zero-order chi connectivity index (χ0) is 14.3. The van der Waals surface area contributed by atoms with Gasteiger partial charge >= 0.3 is 6.18 Å². The molecule has 0 aliphatic rings. The summed E-state index contributed by atoms with van der Waals surface area (Å²) in [5, 5.41) is 3.68. The van der Waals surface area contributed by atoms with E-state index in [0.717, 1.165) is 6.42 Å². The molecule has 0 aromatic carbocycles. The van der Waals surface area contributed by atoms with Gasteiger partial charge in [-0.1, -0.05) is 12.1 Å². The number of halogens is 3. The molecule has 1 N–H and O–H groups in total. The molecule has 108 valence electrons. The second-order valence-electron chi connectivity index (χ2n) is 3.78. The molecule has 1 aromatic heterocycles. The largest absolute Gasteiger partial charge is 0.414 e. The molecule has 6 nitrogen and oxygen atoms in total. The van der Waals surface area contributed by atoms with Crippen molar-refractivity contribution in [2.75, 3.05) is 6.61 Å². The third-order valence-corrected chi connectivity index (χ3v) is 1.97. The first-order valence-corrected chi connectivity index (χ1v) is 5.69. The first-order chi connectivity index (χ1) is 8.90. The Labute approximate surface area is 107 Å². The fraction of sp³-hybridized carbons (Fsp3) is 0.700. The third kappa shape index (κ3) is 6.75. The van der Waals surface area contributed by atoms with Gasteiger partial charge in [-0.25, -0.2) is 5.48 Å². The maximum atomic E-state index is 11.7. The lowest BCUT2D eigenvalue weighted by Crippen LogP contribution is -2.29. The standard InChI is InChI=1S/C10H14F3N3O3/c1-2-3-7-14-9(19-15-7)5-4-8(17)16-18-6-10(11,12)13/h2-6H2,1H3,(H,16,17). The highest BCUT2D eigenvalue weighted by Crippen LogP contribution is 2.13. The monoisotopic (exact) mass is 281 g/mol. The summed E-state index contributed by atoms with van der Waals surface area (Å²) in [5.74, 6) is 0.139. The third-order valence-electron chi connectivity index (χ3n) is 1.97. The molecule has 0 atom stereocenters. The van der Waals surface area contributed by atoms with Crippen molar-refractivity contribution in [1.82, 2.24) is 15.6 Å². The molecule has 0 saturated carbocycles. The van der Waals surface area contributed by atoms with Crippen molar-refractivity contribution in [1.29, 1.82) is 0 Å². The molecule has 0 aliphatic carbocycles. The van der Waals surface area contributed by atoms with E-state index in [0.29, 0.717) is 12.2 Å². The van der Waals surface area contributed by atoms with Gasteiger partial charge in [-0.05, 0) is 6.42 Å². The smallest absolute Gasteiger partial charge is 0.339 e. The minimum atomic E-state index is -4.48. The number of aryl methyl sites for hydroxylation is 2. The molecule has 1 aromatic rings. The Bertz CT molecular complexity index is 406. The second kappa shape index (κ2) is 7.07. The number of carbonyl (C=O) groups is 1. The number of amides is 1. The second-order valence-corrected chi connectivity index (χ2v) is 3.78. The average Bonchev–Trinajstić information content (AvgIpc) is 2.73. The Kier molecular flexibility index (Phi) is 5.74. The topological polar surface area (TPSA) is 77.2 Å². The van der Waals surface area contributed by atoms with E-state index in [1.165, 1.54) is 0 Å². The van der Waals surface area contributed by atoms with Crippen LogP contribution in [0.4, 0.5) is 13.2 Å². The van der Waals surface area contributed by atoms with Crippen molar-refractivity contribution in [2.45, 2.75) is 38.8 Å². The minimum Gasteiger partial charge on any atom is -0.339 e. The summed E-state index contributed by atoms with van der Waals surface area (Å²) < 4.78 is 40.0. The Morgan fingerprint density at radius 3 is 2.79 bits per heavy atom. The average molecular weight is 281 g/mol. The van der Waals surface area contributed by atoms with Gasteiger partial charge in [-0.2, -0.15) is 18.2 Å². The lowest BCUT2D eigenvalue weighted by Gasteiger charge is -2.07. The van der Waals surface area contributed by atoms with Crippen LogP contribution in [0.15, 0.2) is 4.52 Å². The minimum absolute atomic E-state index is 0.0917. The summed E-state index contributed by atoms with van der Waals surface area (Å²) in [5.41, 5.74) is 1.69. The van der Waals surface area contributed by atoms with Gasteiger partial charge in [-0.15, -0.1) is 0 Å². The molecule has 0 bridgehead atoms. The van der Waals surface area contributed by atoms with Crippen molar-refractivity contribution in [3.8, 4) is 0 Å². The first kappa shape index (κ1) is 15.4. The van der Waals surface area contributed by atoms with Crippen molar-refractivity contribution >= 4 is 5.91 Å². The van der Waals surface area contributed by atoms with E-state index in [2.05, 4.69) is 15.0 Å². The number of aromatic nitrogens is 2. The number of nitrogens with zero attached hydrogens (tertiary/aromatic N) is 2. The molecule has 0 spiro atoms. The van der Waals surface area contributed by atoms with Gasteiger partial charge in [0, 0.05) is 19.3 Å². The van der Waals surface area contributed by atoms with Crippen LogP contribution in [0.2, 0.25) is 0 Å². The number of hydrogen-bond acceptors (Lipinski definition) is 5. The predicted molar refractivity (Wildman–Crippen MR) is 56.8 cm³/mol. The molecule has 19 heavy (non-hydrogen) atoms. The Balaban J connectivity index is 2.22. The first-order valence-electron chi connectivity index (χ1n) is 5.69. The van der Waals surface area contributed by atoms with Crippen LogP contribution in [0.25, 0.3) is 0 Å². The maximum Gasteiger partial charge on any atom is 0.414 e. The normalized spacial score (nSPS) is 11.6. The number of rotatable bonds is 7. The van der Waals surface area contributed by atoms with E-state index in [4.69, 9.17) is 4.52 Å². The summed E-state index contributed by atoms with van der Waals surface area (Å²) in [6, 6.07) is 0. The SMILES string of the molecule is CCCc1noc(CCC(=O)NOCC(F)(F)F)n1. The highest BCUT2D eigenvalue weighted by atomic mass is 19.4. The van der Waals surface area contributed by atoms with Gasteiger partial charge in [0.2, 0.25) is 11.8 Å². The zero-order valence-corrected chi connectivity index (χ0v) is 10.3.